The SMILES string of the molecule is CS(=O)(=O)N1CCC(O)(C2CC2)C1. The number of aliphatic hydroxyl groups is 1. The summed E-state index contributed by atoms with van der Waals surface area (Å²) >= 11 is 0. The lowest BCUT2D eigenvalue weighted by atomic mass is 9.97. The van der Waals surface area contributed by atoms with Crippen molar-refractivity contribution in [2.45, 2.75) is 24.9 Å². The average molecular weight is 205 g/mol. The minimum atomic E-state index is -3.11. The van der Waals surface area contributed by atoms with E-state index in [4.69, 9.17) is 0 Å². The Morgan fingerprint density at radius 1 is 1.46 bits per heavy atom. The highest BCUT2D eigenvalue weighted by molar-refractivity contribution is 7.88. The van der Waals surface area contributed by atoms with E-state index in [1.165, 1.54) is 10.6 Å². The normalized spacial score (nSPS) is 36.8. The van der Waals surface area contributed by atoms with Crippen molar-refractivity contribution in [2.24, 2.45) is 5.92 Å². The Kier molecular flexibility index (Phi) is 1.94. The lowest BCUT2D eigenvalue weighted by Crippen LogP contribution is -2.37. The third kappa shape index (κ3) is 1.73. The van der Waals surface area contributed by atoms with Gasteiger partial charge in [0.05, 0.1) is 11.9 Å². The van der Waals surface area contributed by atoms with Crippen molar-refractivity contribution in [1.82, 2.24) is 4.31 Å². The summed E-state index contributed by atoms with van der Waals surface area (Å²) in [6, 6.07) is 0. The second kappa shape index (κ2) is 2.68. The van der Waals surface area contributed by atoms with Crippen molar-refractivity contribution in [1.29, 1.82) is 0 Å². The van der Waals surface area contributed by atoms with Crippen LogP contribution in [0.15, 0.2) is 0 Å². The Bertz CT molecular complexity index is 309. The first-order valence-electron chi connectivity index (χ1n) is 4.59. The largest absolute Gasteiger partial charge is 0.388 e. The molecule has 13 heavy (non-hydrogen) atoms. The highest BCUT2D eigenvalue weighted by Gasteiger charge is 2.49. The zero-order chi connectivity index (χ0) is 9.69. The first-order chi connectivity index (χ1) is 5.92. The van der Waals surface area contributed by atoms with Crippen molar-refractivity contribution in [3.63, 3.8) is 0 Å². The highest BCUT2D eigenvalue weighted by Crippen LogP contribution is 2.44. The van der Waals surface area contributed by atoms with Crippen LogP contribution in [0.5, 0.6) is 0 Å². The Balaban J connectivity index is 2.09. The van der Waals surface area contributed by atoms with Crippen LogP contribution in [-0.4, -0.2) is 42.8 Å². The third-order valence-corrected chi connectivity index (χ3v) is 4.30. The van der Waals surface area contributed by atoms with Crippen LogP contribution >= 0.6 is 0 Å². The fourth-order valence-electron chi connectivity index (χ4n) is 2.02. The highest BCUT2D eigenvalue weighted by atomic mass is 32.2. The zero-order valence-electron chi connectivity index (χ0n) is 7.73. The molecule has 0 aromatic heterocycles. The Morgan fingerprint density at radius 3 is 2.46 bits per heavy atom. The van der Waals surface area contributed by atoms with E-state index in [-0.39, 0.29) is 0 Å². The molecule has 0 spiro atoms. The molecule has 1 unspecified atom stereocenters. The lowest BCUT2D eigenvalue weighted by Gasteiger charge is -2.21. The minimum absolute atomic E-state index is 0.302. The first-order valence-corrected chi connectivity index (χ1v) is 6.44. The van der Waals surface area contributed by atoms with Crippen molar-refractivity contribution < 1.29 is 13.5 Å². The fourth-order valence-corrected chi connectivity index (χ4v) is 2.90. The molecule has 1 N–H and O–H groups in total. The molecule has 0 bridgehead atoms. The van der Waals surface area contributed by atoms with Crippen LogP contribution in [0.4, 0.5) is 0 Å². The molecular weight excluding hydrogens is 190 g/mol. The number of β-amino-alcohol motifs (C(OH)–C–C–N with tert-alkyl or cyclic N) is 1. The van der Waals surface area contributed by atoms with Gasteiger partial charge in [-0.1, -0.05) is 0 Å². The molecule has 76 valence electrons. The van der Waals surface area contributed by atoms with E-state index < -0.39 is 15.6 Å². The molecule has 4 nitrogen and oxygen atoms in total. The second-order valence-corrected chi connectivity index (χ2v) is 6.21. The molecule has 0 aromatic carbocycles. The van der Waals surface area contributed by atoms with E-state index in [2.05, 4.69) is 0 Å². The summed E-state index contributed by atoms with van der Waals surface area (Å²) < 4.78 is 23.7. The van der Waals surface area contributed by atoms with Crippen LogP contribution in [0.1, 0.15) is 19.3 Å². The average Bonchev–Trinajstić information content (AvgIpc) is 2.75. The summed E-state index contributed by atoms with van der Waals surface area (Å²) in [7, 11) is -3.11. The zero-order valence-corrected chi connectivity index (χ0v) is 8.55. The lowest BCUT2D eigenvalue weighted by molar-refractivity contribution is 0.0332. The van der Waals surface area contributed by atoms with Crippen LogP contribution in [0.3, 0.4) is 0 Å². The predicted octanol–water partition coefficient (Wildman–Crippen LogP) is -0.207. The summed E-state index contributed by atoms with van der Waals surface area (Å²) in [5, 5.41) is 10.1. The third-order valence-electron chi connectivity index (χ3n) is 3.05. The van der Waals surface area contributed by atoms with Gasteiger partial charge in [-0.05, 0) is 25.2 Å². The molecule has 0 radical (unpaired) electrons. The summed E-state index contributed by atoms with van der Waals surface area (Å²) in [5.74, 6) is 0.347. The maximum atomic E-state index is 11.2. The van der Waals surface area contributed by atoms with Gasteiger partial charge in [-0.2, -0.15) is 4.31 Å². The Hall–Kier alpha value is -0.130. The van der Waals surface area contributed by atoms with Gasteiger partial charge >= 0.3 is 0 Å². The first kappa shape index (κ1) is 9.43. The maximum Gasteiger partial charge on any atom is 0.211 e. The van der Waals surface area contributed by atoms with Gasteiger partial charge < -0.3 is 5.11 Å². The number of rotatable bonds is 2. The quantitative estimate of drug-likeness (QED) is 0.679. The predicted molar refractivity (Wildman–Crippen MR) is 48.7 cm³/mol. The van der Waals surface area contributed by atoms with Crippen LogP contribution in [0.2, 0.25) is 0 Å². The molecule has 1 aliphatic carbocycles. The van der Waals surface area contributed by atoms with Gasteiger partial charge in [-0.25, -0.2) is 8.42 Å². The minimum Gasteiger partial charge on any atom is -0.388 e. The molecule has 1 heterocycles. The van der Waals surface area contributed by atoms with Crippen LogP contribution in [0, 0.1) is 5.92 Å². The van der Waals surface area contributed by atoms with Crippen molar-refractivity contribution in [3.8, 4) is 0 Å². The van der Waals surface area contributed by atoms with Gasteiger partial charge in [-0.15, -0.1) is 0 Å². The molecule has 1 aliphatic heterocycles. The molecule has 2 aliphatic rings. The monoisotopic (exact) mass is 205 g/mol. The summed E-state index contributed by atoms with van der Waals surface area (Å²) in [5.41, 5.74) is -0.719. The van der Waals surface area contributed by atoms with Gasteiger partial charge in [-0.3, -0.25) is 0 Å². The van der Waals surface area contributed by atoms with Gasteiger partial charge in [0.2, 0.25) is 10.0 Å². The smallest absolute Gasteiger partial charge is 0.211 e. The Morgan fingerprint density at radius 2 is 2.08 bits per heavy atom. The van der Waals surface area contributed by atoms with Crippen LogP contribution in [0.25, 0.3) is 0 Å². The van der Waals surface area contributed by atoms with E-state index in [1.54, 1.807) is 0 Å². The van der Waals surface area contributed by atoms with E-state index >= 15 is 0 Å². The van der Waals surface area contributed by atoms with E-state index in [9.17, 15) is 13.5 Å². The van der Waals surface area contributed by atoms with E-state index in [0.29, 0.717) is 25.4 Å². The molecule has 2 rings (SSSR count). The molecule has 1 saturated heterocycles. The van der Waals surface area contributed by atoms with Gasteiger partial charge in [0.1, 0.15) is 0 Å². The number of hydrogen-bond acceptors (Lipinski definition) is 3. The van der Waals surface area contributed by atoms with E-state index in [1.807, 2.05) is 0 Å². The molecule has 1 saturated carbocycles. The molecule has 5 heteroatoms. The van der Waals surface area contributed by atoms with Gasteiger partial charge in [0.15, 0.2) is 0 Å². The topological polar surface area (TPSA) is 57.6 Å². The molecular formula is C8H15NO3S. The van der Waals surface area contributed by atoms with Crippen molar-refractivity contribution in [2.75, 3.05) is 19.3 Å². The maximum absolute atomic E-state index is 11.2. The van der Waals surface area contributed by atoms with Crippen LogP contribution < -0.4 is 0 Å². The van der Waals surface area contributed by atoms with E-state index in [0.717, 1.165) is 12.8 Å². The molecule has 0 amide bonds. The molecule has 1 atom stereocenters. The molecule has 2 fully saturated rings. The number of sulfonamides is 1. The summed E-state index contributed by atoms with van der Waals surface area (Å²) in [4.78, 5) is 0. The number of hydrogen-bond donors (Lipinski definition) is 1. The standard InChI is InChI=1S/C8H15NO3S/c1-13(11,12)9-5-4-8(10,6-9)7-2-3-7/h7,10H,2-6H2,1H3. The second-order valence-electron chi connectivity index (χ2n) is 4.22. The van der Waals surface area contributed by atoms with Crippen molar-refractivity contribution in [3.05, 3.63) is 0 Å². The van der Waals surface area contributed by atoms with Gasteiger partial charge in [0, 0.05) is 13.1 Å². The summed E-state index contributed by atoms with van der Waals surface area (Å²) in [6.07, 6.45) is 3.90. The van der Waals surface area contributed by atoms with Gasteiger partial charge in [0.25, 0.3) is 0 Å². The number of nitrogens with zero attached hydrogens (tertiary/aromatic N) is 1. The molecule has 0 aromatic rings. The van der Waals surface area contributed by atoms with Crippen molar-refractivity contribution >= 4 is 10.0 Å². The van der Waals surface area contributed by atoms with Crippen LogP contribution in [-0.2, 0) is 10.0 Å². The summed E-state index contributed by atoms with van der Waals surface area (Å²) in [6.45, 7) is 0.780. The fraction of sp³-hybridized carbons (Fsp3) is 1.00. The Labute approximate surface area is 78.6 Å².